The summed E-state index contributed by atoms with van der Waals surface area (Å²) in [5.74, 6) is 2.55. The van der Waals surface area contributed by atoms with Crippen LogP contribution < -0.4 is 14.2 Å². The third-order valence-electron chi connectivity index (χ3n) is 3.37. The van der Waals surface area contributed by atoms with Crippen molar-refractivity contribution in [3.05, 3.63) is 48.7 Å². The van der Waals surface area contributed by atoms with Gasteiger partial charge in [0.05, 0.1) is 20.4 Å². The van der Waals surface area contributed by atoms with Gasteiger partial charge in [0.2, 0.25) is 0 Å². The van der Waals surface area contributed by atoms with Crippen molar-refractivity contribution in [2.24, 2.45) is 0 Å². The van der Waals surface area contributed by atoms with E-state index >= 15 is 0 Å². The normalized spacial score (nSPS) is 10.3. The molecule has 23 heavy (non-hydrogen) atoms. The molecule has 1 aromatic heterocycles. The van der Waals surface area contributed by atoms with E-state index in [2.05, 4.69) is 10.2 Å². The molecule has 1 heterocycles. The van der Waals surface area contributed by atoms with Gasteiger partial charge in [-0.25, -0.2) is 0 Å². The van der Waals surface area contributed by atoms with Crippen LogP contribution in [0.3, 0.4) is 0 Å². The fraction of sp³-hybridized carbons (Fsp3) is 0.118. The van der Waals surface area contributed by atoms with E-state index in [-0.39, 0.29) is 5.75 Å². The first-order chi connectivity index (χ1) is 11.2. The molecule has 0 unspecified atom stereocenters. The van der Waals surface area contributed by atoms with E-state index in [4.69, 9.17) is 14.2 Å². The van der Waals surface area contributed by atoms with Gasteiger partial charge in [0, 0.05) is 11.6 Å². The molecule has 0 atom stereocenters. The molecule has 6 nitrogen and oxygen atoms in total. The fourth-order valence-electron chi connectivity index (χ4n) is 2.17. The summed E-state index contributed by atoms with van der Waals surface area (Å²) >= 11 is 0. The SMILES string of the molecule is COc1ccc(Oc2cn[nH]c2-c2ccc(OC)cc2O)cc1. The lowest BCUT2D eigenvalue weighted by atomic mass is 10.1. The number of H-pyrrole nitrogens is 1. The van der Waals surface area contributed by atoms with Gasteiger partial charge < -0.3 is 19.3 Å². The minimum absolute atomic E-state index is 0.0770. The van der Waals surface area contributed by atoms with Gasteiger partial charge in [-0.15, -0.1) is 0 Å². The molecule has 0 aliphatic rings. The molecule has 6 heteroatoms. The van der Waals surface area contributed by atoms with Crippen molar-refractivity contribution in [1.82, 2.24) is 10.2 Å². The molecule has 0 aliphatic heterocycles. The molecular weight excluding hydrogens is 296 g/mol. The third-order valence-corrected chi connectivity index (χ3v) is 3.37. The van der Waals surface area contributed by atoms with Crippen LogP contribution in [0.1, 0.15) is 0 Å². The van der Waals surface area contributed by atoms with Gasteiger partial charge in [-0.05, 0) is 36.4 Å². The van der Waals surface area contributed by atoms with Crippen molar-refractivity contribution in [2.75, 3.05) is 14.2 Å². The standard InChI is InChI=1S/C17H16N2O4/c1-21-11-3-5-12(6-4-11)23-16-10-18-19-17(16)14-8-7-13(22-2)9-15(14)20/h3-10,20H,1-2H3,(H,18,19). The molecule has 3 aromatic rings. The predicted octanol–water partition coefficient (Wildman–Crippen LogP) is 3.59. The maximum absolute atomic E-state index is 10.2. The Balaban J connectivity index is 1.90. The number of ether oxygens (including phenoxy) is 3. The average molecular weight is 312 g/mol. The summed E-state index contributed by atoms with van der Waals surface area (Å²) in [7, 11) is 3.15. The van der Waals surface area contributed by atoms with Crippen molar-refractivity contribution in [3.63, 3.8) is 0 Å². The van der Waals surface area contributed by atoms with Crippen molar-refractivity contribution in [2.45, 2.75) is 0 Å². The first kappa shape index (κ1) is 14.8. The fourth-order valence-corrected chi connectivity index (χ4v) is 2.17. The lowest BCUT2D eigenvalue weighted by molar-refractivity contribution is 0.408. The molecule has 0 aliphatic carbocycles. The Kier molecular flexibility index (Phi) is 4.05. The largest absolute Gasteiger partial charge is 0.507 e. The molecule has 0 spiro atoms. The smallest absolute Gasteiger partial charge is 0.173 e. The van der Waals surface area contributed by atoms with Crippen LogP contribution in [-0.4, -0.2) is 29.5 Å². The van der Waals surface area contributed by atoms with Gasteiger partial charge in [0.25, 0.3) is 0 Å². The Hall–Kier alpha value is -3.15. The number of phenols is 1. The number of phenolic OH excluding ortho intramolecular Hbond substituents is 1. The van der Waals surface area contributed by atoms with Gasteiger partial charge in [-0.1, -0.05) is 0 Å². The number of nitrogens with one attached hydrogen (secondary N) is 1. The summed E-state index contributed by atoms with van der Waals surface area (Å²) in [6.07, 6.45) is 1.56. The minimum atomic E-state index is 0.0770. The lowest BCUT2D eigenvalue weighted by Crippen LogP contribution is -1.89. The number of rotatable bonds is 5. The second-order valence-electron chi connectivity index (χ2n) is 4.77. The van der Waals surface area contributed by atoms with Crippen LogP contribution in [-0.2, 0) is 0 Å². The highest BCUT2D eigenvalue weighted by Crippen LogP contribution is 2.37. The Labute approximate surface area is 133 Å². The highest BCUT2D eigenvalue weighted by atomic mass is 16.5. The Bertz CT molecular complexity index is 797. The minimum Gasteiger partial charge on any atom is -0.507 e. The molecule has 0 radical (unpaired) electrons. The van der Waals surface area contributed by atoms with Crippen LogP contribution in [0.2, 0.25) is 0 Å². The summed E-state index contributed by atoms with van der Waals surface area (Å²) in [6.45, 7) is 0. The highest BCUT2D eigenvalue weighted by Gasteiger charge is 2.14. The number of aromatic amines is 1. The quantitative estimate of drug-likeness (QED) is 0.753. The van der Waals surface area contributed by atoms with E-state index in [1.165, 1.54) is 6.07 Å². The number of hydrogen-bond donors (Lipinski definition) is 2. The number of benzene rings is 2. The molecule has 0 amide bonds. The van der Waals surface area contributed by atoms with Crippen molar-refractivity contribution >= 4 is 0 Å². The van der Waals surface area contributed by atoms with E-state index in [9.17, 15) is 5.11 Å². The summed E-state index contributed by atoms with van der Waals surface area (Å²) in [6, 6.07) is 12.2. The molecule has 0 bridgehead atoms. The third kappa shape index (κ3) is 3.06. The van der Waals surface area contributed by atoms with Gasteiger partial charge >= 0.3 is 0 Å². The first-order valence-corrected chi connectivity index (χ1v) is 6.94. The van der Waals surface area contributed by atoms with E-state index in [0.717, 1.165) is 5.75 Å². The molecule has 3 rings (SSSR count). The number of hydrogen-bond acceptors (Lipinski definition) is 5. The van der Waals surface area contributed by atoms with E-state index in [0.29, 0.717) is 28.5 Å². The van der Waals surface area contributed by atoms with Crippen molar-refractivity contribution in [3.8, 4) is 40.0 Å². The van der Waals surface area contributed by atoms with Gasteiger partial charge in [-0.2, -0.15) is 5.10 Å². The van der Waals surface area contributed by atoms with Crippen LogP contribution in [0.4, 0.5) is 0 Å². The van der Waals surface area contributed by atoms with Gasteiger partial charge in [0.1, 0.15) is 28.7 Å². The molecule has 0 saturated heterocycles. The maximum atomic E-state index is 10.2. The topological polar surface area (TPSA) is 76.6 Å². The Morgan fingerprint density at radius 2 is 1.57 bits per heavy atom. The highest BCUT2D eigenvalue weighted by molar-refractivity contribution is 5.73. The van der Waals surface area contributed by atoms with E-state index < -0.39 is 0 Å². The zero-order valence-corrected chi connectivity index (χ0v) is 12.7. The molecule has 0 saturated carbocycles. The van der Waals surface area contributed by atoms with Gasteiger partial charge in [0.15, 0.2) is 5.75 Å². The second kappa shape index (κ2) is 6.31. The van der Waals surface area contributed by atoms with Crippen LogP contribution >= 0.6 is 0 Å². The maximum Gasteiger partial charge on any atom is 0.173 e. The summed E-state index contributed by atoms with van der Waals surface area (Å²) < 4.78 is 16.0. The Morgan fingerprint density at radius 1 is 0.913 bits per heavy atom. The number of aromatic nitrogens is 2. The summed E-state index contributed by atoms with van der Waals surface area (Å²) in [5.41, 5.74) is 1.16. The number of aromatic hydroxyl groups is 1. The van der Waals surface area contributed by atoms with Gasteiger partial charge in [-0.3, -0.25) is 5.10 Å². The summed E-state index contributed by atoms with van der Waals surface area (Å²) in [4.78, 5) is 0. The molecule has 0 fully saturated rings. The first-order valence-electron chi connectivity index (χ1n) is 6.94. The molecule has 2 aromatic carbocycles. The predicted molar refractivity (Wildman–Crippen MR) is 85.3 cm³/mol. The van der Waals surface area contributed by atoms with E-state index in [1.807, 2.05) is 0 Å². The summed E-state index contributed by atoms with van der Waals surface area (Å²) in [5, 5.41) is 17.0. The molecule has 118 valence electrons. The van der Waals surface area contributed by atoms with Crippen LogP contribution in [0, 0.1) is 0 Å². The zero-order valence-electron chi connectivity index (χ0n) is 12.7. The lowest BCUT2D eigenvalue weighted by Gasteiger charge is -2.09. The molecule has 2 N–H and O–H groups in total. The van der Waals surface area contributed by atoms with Crippen molar-refractivity contribution < 1.29 is 19.3 Å². The second-order valence-corrected chi connectivity index (χ2v) is 4.77. The van der Waals surface area contributed by atoms with Crippen molar-refractivity contribution in [1.29, 1.82) is 0 Å². The van der Waals surface area contributed by atoms with Crippen LogP contribution in [0.5, 0.6) is 28.7 Å². The molecular formula is C17H16N2O4. The zero-order chi connectivity index (χ0) is 16.2. The van der Waals surface area contributed by atoms with Crippen LogP contribution in [0.25, 0.3) is 11.3 Å². The van der Waals surface area contributed by atoms with E-state index in [1.54, 1.807) is 56.8 Å². The Morgan fingerprint density at radius 3 is 2.22 bits per heavy atom. The average Bonchev–Trinajstić information content (AvgIpc) is 3.03. The monoisotopic (exact) mass is 312 g/mol. The number of nitrogens with zero attached hydrogens (tertiary/aromatic N) is 1. The number of methoxy groups -OCH3 is 2. The van der Waals surface area contributed by atoms with Crippen LogP contribution in [0.15, 0.2) is 48.7 Å².